The van der Waals surface area contributed by atoms with E-state index in [0.717, 1.165) is 21.8 Å². The molecule has 1 N–H and O–H groups in total. The summed E-state index contributed by atoms with van der Waals surface area (Å²) in [5, 5.41) is 1.10. The number of H-pyrrole nitrogens is 1. The van der Waals surface area contributed by atoms with E-state index >= 15 is 0 Å². The minimum atomic E-state index is 0.692. The molecule has 0 aliphatic rings. The molecule has 0 atom stereocenters. The molecule has 3 heteroatoms. The van der Waals surface area contributed by atoms with E-state index in [1.807, 2.05) is 18.2 Å². The number of carbonyl (C=O) groups excluding carboxylic acids is 1. The van der Waals surface area contributed by atoms with Gasteiger partial charge < -0.3 is 4.98 Å². The fourth-order valence-corrected chi connectivity index (χ4v) is 1.64. The van der Waals surface area contributed by atoms with Gasteiger partial charge in [0.1, 0.15) is 6.29 Å². The Labute approximate surface area is 77.7 Å². The van der Waals surface area contributed by atoms with Crippen molar-refractivity contribution in [3.05, 3.63) is 34.4 Å². The number of carbonyl (C=O) groups is 1. The summed E-state index contributed by atoms with van der Waals surface area (Å²) in [5.74, 6) is 0. The molecule has 0 unspecified atom stereocenters. The van der Waals surface area contributed by atoms with Crippen molar-refractivity contribution in [2.45, 2.75) is 0 Å². The average molecular weight is 224 g/mol. The Morgan fingerprint density at radius 3 is 2.92 bits per heavy atom. The summed E-state index contributed by atoms with van der Waals surface area (Å²) >= 11 is 3.33. The molecule has 12 heavy (non-hydrogen) atoms. The molecule has 0 spiro atoms. The molecule has 0 fully saturated rings. The number of fused-ring (bicyclic) bond motifs is 1. The van der Waals surface area contributed by atoms with Crippen molar-refractivity contribution in [2.24, 2.45) is 0 Å². The van der Waals surface area contributed by atoms with Crippen molar-refractivity contribution in [1.82, 2.24) is 4.98 Å². The second-order valence-electron chi connectivity index (χ2n) is 2.58. The van der Waals surface area contributed by atoms with Gasteiger partial charge in [0.15, 0.2) is 0 Å². The van der Waals surface area contributed by atoms with Gasteiger partial charge >= 0.3 is 0 Å². The van der Waals surface area contributed by atoms with E-state index in [9.17, 15) is 4.79 Å². The highest BCUT2D eigenvalue weighted by Crippen LogP contribution is 2.19. The van der Waals surface area contributed by atoms with Crippen molar-refractivity contribution in [3.63, 3.8) is 0 Å². The molecule has 1 aromatic carbocycles. The molecule has 0 radical (unpaired) electrons. The summed E-state index contributed by atoms with van der Waals surface area (Å²) in [4.78, 5) is 13.5. The van der Waals surface area contributed by atoms with Crippen LogP contribution in [0.2, 0.25) is 0 Å². The third kappa shape index (κ3) is 1.16. The predicted molar refractivity (Wildman–Crippen MR) is 51.4 cm³/mol. The van der Waals surface area contributed by atoms with E-state index in [1.54, 1.807) is 6.07 Å². The fraction of sp³-hybridized carbons (Fsp3) is 0. The fourth-order valence-electron chi connectivity index (χ4n) is 1.18. The summed E-state index contributed by atoms with van der Waals surface area (Å²) in [6.45, 7) is 0. The lowest BCUT2D eigenvalue weighted by Crippen LogP contribution is -1.77. The van der Waals surface area contributed by atoms with Gasteiger partial charge in [-0.15, -0.1) is 0 Å². The Balaban J connectivity index is 2.74. The Morgan fingerprint density at radius 1 is 1.33 bits per heavy atom. The van der Waals surface area contributed by atoms with E-state index in [-0.39, 0.29) is 0 Å². The van der Waals surface area contributed by atoms with Crippen LogP contribution in [0.1, 0.15) is 10.4 Å². The van der Waals surface area contributed by atoms with E-state index in [4.69, 9.17) is 0 Å². The van der Waals surface area contributed by atoms with Crippen LogP contribution >= 0.6 is 15.9 Å². The smallest absolute Gasteiger partial charge is 0.150 e. The average Bonchev–Trinajstić information content (AvgIpc) is 2.43. The number of nitrogens with one attached hydrogen (secondary N) is 1. The summed E-state index contributed by atoms with van der Waals surface area (Å²) in [6.07, 6.45) is 0.841. The molecule has 2 rings (SSSR count). The number of hydrogen-bond acceptors (Lipinski definition) is 1. The Bertz CT molecular complexity index is 433. The summed E-state index contributed by atoms with van der Waals surface area (Å²) in [6, 6.07) is 7.52. The van der Waals surface area contributed by atoms with Crippen molar-refractivity contribution in [2.75, 3.05) is 0 Å². The molecule has 0 saturated carbocycles. The number of benzene rings is 1. The normalized spacial score (nSPS) is 10.4. The van der Waals surface area contributed by atoms with Gasteiger partial charge in [0, 0.05) is 16.5 Å². The zero-order valence-electron chi connectivity index (χ0n) is 6.17. The molecule has 0 amide bonds. The zero-order chi connectivity index (χ0) is 8.55. The summed E-state index contributed by atoms with van der Waals surface area (Å²) in [7, 11) is 0. The maximum atomic E-state index is 10.4. The van der Waals surface area contributed by atoms with Gasteiger partial charge in [-0.2, -0.15) is 0 Å². The highest BCUT2D eigenvalue weighted by molar-refractivity contribution is 9.10. The summed E-state index contributed by atoms with van der Waals surface area (Å²) in [5.41, 5.74) is 1.67. The lowest BCUT2D eigenvalue weighted by Gasteiger charge is -1.89. The van der Waals surface area contributed by atoms with E-state index in [0.29, 0.717) is 5.56 Å². The highest BCUT2D eigenvalue weighted by atomic mass is 79.9. The molecule has 2 aromatic rings. The van der Waals surface area contributed by atoms with Crippen molar-refractivity contribution >= 4 is 33.1 Å². The van der Waals surface area contributed by atoms with E-state index in [2.05, 4.69) is 20.9 Å². The first-order valence-electron chi connectivity index (χ1n) is 3.53. The quantitative estimate of drug-likeness (QED) is 0.742. The van der Waals surface area contributed by atoms with E-state index in [1.165, 1.54) is 0 Å². The van der Waals surface area contributed by atoms with Gasteiger partial charge in [0.2, 0.25) is 0 Å². The summed E-state index contributed by atoms with van der Waals surface area (Å²) < 4.78 is 0.931. The molecule has 60 valence electrons. The second kappa shape index (κ2) is 2.75. The topological polar surface area (TPSA) is 32.9 Å². The number of aromatic amines is 1. The zero-order valence-corrected chi connectivity index (χ0v) is 7.76. The van der Waals surface area contributed by atoms with Crippen LogP contribution in [0.25, 0.3) is 10.9 Å². The number of rotatable bonds is 1. The molecule has 2 nitrogen and oxygen atoms in total. The molecule has 1 heterocycles. The minimum absolute atomic E-state index is 0.692. The molecular formula is C9H6BrNO. The monoisotopic (exact) mass is 223 g/mol. The first-order valence-corrected chi connectivity index (χ1v) is 4.32. The van der Waals surface area contributed by atoms with Crippen LogP contribution in [0.5, 0.6) is 0 Å². The molecule has 0 saturated heterocycles. The van der Waals surface area contributed by atoms with Crippen molar-refractivity contribution in [3.8, 4) is 0 Å². The van der Waals surface area contributed by atoms with Crippen LogP contribution < -0.4 is 0 Å². The van der Waals surface area contributed by atoms with Crippen molar-refractivity contribution < 1.29 is 4.79 Å². The van der Waals surface area contributed by atoms with Crippen LogP contribution in [-0.2, 0) is 0 Å². The maximum Gasteiger partial charge on any atom is 0.150 e. The molecule has 0 aliphatic heterocycles. The molecule has 0 bridgehead atoms. The third-order valence-corrected chi connectivity index (χ3v) is 2.18. The Kier molecular flexibility index (Phi) is 1.73. The number of hydrogen-bond donors (Lipinski definition) is 1. The Morgan fingerprint density at radius 2 is 2.17 bits per heavy atom. The first kappa shape index (κ1) is 7.55. The van der Waals surface area contributed by atoms with Gasteiger partial charge in [-0.05, 0) is 28.1 Å². The lowest BCUT2D eigenvalue weighted by molar-refractivity contribution is 0.112. The van der Waals surface area contributed by atoms with Gasteiger partial charge in [0.05, 0.1) is 4.60 Å². The standard InChI is InChI=1S/C9H6BrNO/c10-9-4-7-2-1-6(5-12)3-8(7)11-9/h1-5,11H. The Hall–Kier alpha value is -1.09. The first-order chi connectivity index (χ1) is 5.79. The van der Waals surface area contributed by atoms with Crippen LogP contribution in [0.3, 0.4) is 0 Å². The van der Waals surface area contributed by atoms with Crippen LogP contribution in [0.15, 0.2) is 28.9 Å². The number of halogens is 1. The predicted octanol–water partition coefficient (Wildman–Crippen LogP) is 2.74. The van der Waals surface area contributed by atoms with Crippen LogP contribution in [0.4, 0.5) is 0 Å². The lowest BCUT2D eigenvalue weighted by atomic mass is 10.2. The van der Waals surface area contributed by atoms with Gasteiger partial charge in [-0.25, -0.2) is 0 Å². The third-order valence-electron chi connectivity index (χ3n) is 1.75. The molecular weight excluding hydrogens is 218 g/mol. The van der Waals surface area contributed by atoms with Crippen molar-refractivity contribution in [1.29, 1.82) is 0 Å². The largest absolute Gasteiger partial charge is 0.349 e. The maximum absolute atomic E-state index is 10.4. The SMILES string of the molecule is O=Cc1ccc2cc(Br)[nH]c2c1. The van der Waals surface area contributed by atoms with Gasteiger partial charge in [0.25, 0.3) is 0 Å². The number of aldehydes is 1. The van der Waals surface area contributed by atoms with Gasteiger partial charge in [-0.3, -0.25) is 4.79 Å². The van der Waals surface area contributed by atoms with E-state index < -0.39 is 0 Å². The molecule has 1 aromatic heterocycles. The van der Waals surface area contributed by atoms with Gasteiger partial charge in [-0.1, -0.05) is 12.1 Å². The molecule has 0 aliphatic carbocycles. The van der Waals surface area contributed by atoms with Crippen LogP contribution in [-0.4, -0.2) is 11.3 Å². The minimum Gasteiger partial charge on any atom is -0.349 e. The van der Waals surface area contributed by atoms with Crippen LogP contribution in [0, 0.1) is 0 Å². The number of aromatic nitrogens is 1. The highest BCUT2D eigenvalue weighted by Gasteiger charge is 1.98. The second-order valence-corrected chi connectivity index (χ2v) is 3.44.